The largest absolute Gasteiger partial charge is 0.490 e. The first kappa shape index (κ1) is 27.6. The van der Waals surface area contributed by atoms with Crippen LogP contribution in [0.5, 0.6) is 11.5 Å². The molecule has 0 unspecified atom stereocenters. The van der Waals surface area contributed by atoms with Gasteiger partial charge in [-0.2, -0.15) is 0 Å². The molecule has 0 aliphatic carbocycles. The summed E-state index contributed by atoms with van der Waals surface area (Å²) in [6.07, 6.45) is 1.87. The van der Waals surface area contributed by atoms with Crippen molar-refractivity contribution in [1.29, 1.82) is 0 Å². The second-order valence-corrected chi connectivity index (χ2v) is 10.8. The lowest BCUT2D eigenvalue weighted by atomic mass is 10.1. The summed E-state index contributed by atoms with van der Waals surface area (Å²) >= 11 is 7.47. The summed E-state index contributed by atoms with van der Waals surface area (Å²) in [7, 11) is 0. The van der Waals surface area contributed by atoms with Gasteiger partial charge in [0.15, 0.2) is 16.7 Å². The zero-order chi connectivity index (χ0) is 28.1. The minimum atomic E-state index is -0.126. The van der Waals surface area contributed by atoms with Crippen molar-refractivity contribution in [2.75, 3.05) is 11.5 Å². The average Bonchev–Trinajstić information content (AvgIpc) is 3.24. The highest BCUT2D eigenvalue weighted by atomic mass is 35.5. The zero-order valence-corrected chi connectivity index (χ0v) is 24.1. The molecule has 0 saturated carbocycles. The number of aliphatic imine (C=N–C) groups is 1. The van der Waals surface area contributed by atoms with E-state index >= 15 is 0 Å². The zero-order valence-electron chi connectivity index (χ0n) is 22.6. The average molecular weight is 569 g/mol. The number of carbonyl (C=O) groups excluding carboxylic acids is 1. The lowest BCUT2D eigenvalue weighted by Crippen LogP contribution is -2.28. The molecule has 0 atom stereocenters. The molecule has 0 N–H and O–H groups in total. The van der Waals surface area contributed by atoms with Crippen LogP contribution in [0.3, 0.4) is 0 Å². The monoisotopic (exact) mass is 568 g/mol. The van der Waals surface area contributed by atoms with Crippen molar-refractivity contribution < 1.29 is 14.3 Å². The molecule has 0 bridgehead atoms. The molecular weight excluding hydrogens is 540 g/mol. The summed E-state index contributed by atoms with van der Waals surface area (Å²) in [5, 5.41) is 1.27. The first-order valence-electron chi connectivity index (χ1n) is 13.0. The van der Waals surface area contributed by atoms with E-state index in [9.17, 15) is 4.79 Å². The molecule has 0 spiro atoms. The molecule has 0 radical (unpaired) electrons. The van der Waals surface area contributed by atoms with Crippen molar-refractivity contribution in [2.45, 2.75) is 27.4 Å². The third kappa shape index (κ3) is 6.58. The van der Waals surface area contributed by atoms with Crippen LogP contribution in [0.2, 0.25) is 5.02 Å². The number of rotatable bonds is 8. The topological polar surface area (TPSA) is 51.1 Å². The van der Waals surface area contributed by atoms with E-state index in [0.717, 1.165) is 33.6 Å². The van der Waals surface area contributed by atoms with Gasteiger partial charge in [-0.25, -0.2) is 4.99 Å². The van der Waals surface area contributed by atoms with Gasteiger partial charge in [0, 0.05) is 5.02 Å². The van der Waals surface area contributed by atoms with Gasteiger partial charge in [0.25, 0.3) is 5.91 Å². The Morgan fingerprint density at radius 1 is 0.875 bits per heavy atom. The van der Waals surface area contributed by atoms with Crippen LogP contribution in [0.4, 0.5) is 11.4 Å². The van der Waals surface area contributed by atoms with E-state index in [4.69, 9.17) is 26.1 Å². The molecule has 1 fully saturated rings. The number of carbonyl (C=O) groups is 1. The lowest BCUT2D eigenvalue weighted by Gasteiger charge is -2.16. The van der Waals surface area contributed by atoms with E-state index in [-0.39, 0.29) is 5.91 Å². The Morgan fingerprint density at radius 2 is 1.60 bits per heavy atom. The van der Waals surface area contributed by atoms with Crippen molar-refractivity contribution in [3.63, 3.8) is 0 Å². The maximum absolute atomic E-state index is 13.7. The maximum Gasteiger partial charge on any atom is 0.271 e. The normalized spacial score (nSPS) is 15.2. The minimum Gasteiger partial charge on any atom is -0.490 e. The molecule has 1 amide bonds. The molecule has 0 aromatic heterocycles. The first-order chi connectivity index (χ1) is 19.4. The standard InChI is InChI=1S/C33H29ClN2O3S/c1-4-38-30-19-24(12-17-29(30)39-21-25-6-5-7-26(34)18-25)20-31-32(37)36(28-15-10-23(3)11-16-28)33(40-31)35-27-13-8-22(2)9-14-27/h5-20H,4,21H2,1-3H3/b31-20-,35-33?. The predicted octanol–water partition coefficient (Wildman–Crippen LogP) is 8.74. The van der Waals surface area contributed by atoms with E-state index in [2.05, 4.69) is 0 Å². The van der Waals surface area contributed by atoms with Crippen molar-refractivity contribution in [1.82, 2.24) is 0 Å². The molecule has 5 rings (SSSR count). The van der Waals surface area contributed by atoms with E-state index in [0.29, 0.717) is 39.8 Å². The predicted molar refractivity (Wildman–Crippen MR) is 166 cm³/mol. The molecule has 202 valence electrons. The number of halogens is 1. The van der Waals surface area contributed by atoms with Gasteiger partial charge < -0.3 is 9.47 Å². The molecular formula is C33H29ClN2O3S. The fourth-order valence-corrected chi connectivity index (χ4v) is 5.36. The highest BCUT2D eigenvalue weighted by Crippen LogP contribution is 2.38. The lowest BCUT2D eigenvalue weighted by molar-refractivity contribution is -0.113. The highest BCUT2D eigenvalue weighted by molar-refractivity contribution is 8.19. The SMILES string of the molecule is CCOc1cc(/C=C2\SC(=Nc3ccc(C)cc3)N(c3ccc(C)cc3)C2=O)ccc1OCc1cccc(Cl)c1. The van der Waals surface area contributed by atoms with Crippen LogP contribution in [-0.2, 0) is 11.4 Å². The van der Waals surface area contributed by atoms with Crippen molar-refractivity contribution >= 4 is 51.9 Å². The molecule has 5 nitrogen and oxygen atoms in total. The fraction of sp³-hybridized carbons (Fsp3) is 0.152. The van der Waals surface area contributed by atoms with Gasteiger partial charge >= 0.3 is 0 Å². The second kappa shape index (κ2) is 12.5. The second-order valence-electron chi connectivity index (χ2n) is 9.37. The maximum atomic E-state index is 13.7. The molecule has 1 aliphatic rings. The van der Waals surface area contributed by atoms with Crippen LogP contribution < -0.4 is 14.4 Å². The fourth-order valence-electron chi connectivity index (χ4n) is 4.14. The van der Waals surface area contributed by atoms with Gasteiger partial charge in [-0.05, 0) is 98.3 Å². The number of amides is 1. The number of hydrogen-bond donors (Lipinski definition) is 0. The van der Waals surface area contributed by atoms with Gasteiger partial charge in [-0.3, -0.25) is 9.69 Å². The van der Waals surface area contributed by atoms with Crippen molar-refractivity contribution in [3.05, 3.63) is 123 Å². The van der Waals surface area contributed by atoms with E-state index in [1.54, 1.807) is 4.90 Å². The summed E-state index contributed by atoms with van der Waals surface area (Å²) in [4.78, 5) is 20.8. The van der Waals surface area contributed by atoms with Crippen LogP contribution in [0.25, 0.3) is 6.08 Å². The van der Waals surface area contributed by atoms with Gasteiger partial charge in [-0.15, -0.1) is 0 Å². The molecule has 40 heavy (non-hydrogen) atoms. The number of nitrogens with zero attached hydrogens (tertiary/aromatic N) is 2. The number of thioether (sulfide) groups is 1. The van der Waals surface area contributed by atoms with E-state index in [1.165, 1.54) is 11.8 Å². The molecule has 4 aromatic rings. The summed E-state index contributed by atoms with van der Waals surface area (Å²) in [5.41, 5.74) is 5.63. The minimum absolute atomic E-state index is 0.126. The molecule has 1 saturated heterocycles. The Kier molecular flexibility index (Phi) is 8.58. The molecule has 1 heterocycles. The quantitative estimate of drug-likeness (QED) is 0.199. The van der Waals surface area contributed by atoms with E-state index < -0.39 is 0 Å². The smallest absolute Gasteiger partial charge is 0.271 e. The number of benzene rings is 4. The van der Waals surface area contributed by atoms with Gasteiger partial charge in [0.2, 0.25) is 0 Å². The Morgan fingerprint density at radius 3 is 2.30 bits per heavy atom. The number of ether oxygens (including phenoxy) is 2. The van der Waals surface area contributed by atoms with Crippen LogP contribution in [0.1, 0.15) is 29.2 Å². The van der Waals surface area contributed by atoms with Crippen LogP contribution in [0.15, 0.2) is 101 Å². The third-order valence-electron chi connectivity index (χ3n) is 6.21. The molecule has 4 aromatic carbocycles. The van der Waals surface area contributed by atoms with Crippen LogP contribution >= 0.6 is 23.4 Å². The Labute approximate surface area is 244 Å². The number of amidine groups is 1. The first-order valence-corrected chi connectivity index (χ1v) is 14.2. The Bertz CT molecular complexity index is 1580. The number of aryl methyl sites for hydroxylation is 2. The number of anilines is 1. The summed E-state index contributed by atoms with van der Waals surface area (Å²) < 4.78 is 11.9. The van der Waals surface area contributed by atoms with Gasteiger partial charge in [0.1, 0.15) is 6.61 Å². The summed E-state index contributed by atoms with van der Waals surface area (Å²) in [5.74, 6) is 1.11. The van der Waals surface area contributed by atoms with Crippen molar-refractivity contribution in [3.8, 4) is 11.5 Å². The van der Waals surface area contributed by atoms with Crippen LogP contribution in [-0.4, -0.2) is 17.7 Å². The van der Waals surface area contributed by atoms with Gasteiger partial charge in [0.05, 0.1) is 22.9 Å². The van der Waals surface area contributed by atoms with Crippen molar-refractivity contribution in [2.24, 2.45) is 4.99 Å². The highest BCUT2D eigenvalue weighted by Gasteiger charge is 2.34. The summed E-state index contributed by atoms with van der Waals surface area (Å²) in [6, 6.07) is 29.1. The van der Waals surface area contributed by atoms with Gasteiger partial charge in [-0.1, -0.05) is 65.2 Å². The summed E-state index contributed by atoms with van der Waals surface area (Å²) in [6.45, 7) is 6.83. The molecule has 7 heteroatoms. The Balaban J connectivity index is 1.45. The number of hydrogen-bond acceptors (Lipinski definition) is 5. The van der Waals surface area contributed by atoms with Crippen LogP contribution in [0, 0.1) is 13.8 Å². The third-order valence-corrected chi connectivity index (χ3v) is 7.41. The molecule has 1 aliphatic heterocycles. The van der Waals surface area contributed by atoms with E-state index in [1.807, 2.05) is 118 Å². The Hall–Kier alpha value is -4.00.